The minimum Gasteiger partial charge on any atom is -0.339 e. The molecule has 0 atom stereocenters. The Kier molecular flexibility index (Phi) is 5.12. The Morgan fingerprint density at radius 1 is 1.35 bits per heavy atom. The fraction of sp³-hybridized carbons (Fsp3) is 0.412. The van der Waals surface area contributed by atoms with Gasteiger partial charge in [-0.2, -0.15) is 10.4 Å². The summed E-state index contributed by atoms with van der Waals surface area (Å²) >= 11 is 0. The molecule has 0 aliphatic carbocycles. The van der Waals surface area contributed by atoms with Gasteiger partial charge >= 0.3 is 0 Å². The van der Waals surface area contributed by atoms with E-state index in [9.17, 15) is 9.59 Å². The van der Waals surface area contributed by atoms with Crippen LogP contribution in [0.2, 0.25) is 0 Å². The van der Waals surface area contributed by atoms with E-state index >= 15 is 0 Å². The summed E-state index contributed by atoms with van der Waals surface area (Å²) in [6.45, 7) is 4.76. The van der Waals surface area contributed by atoms with E-state index in [1.807, 2.05) is 19.9 Å². The highest BCUT2D eigenvalue weighted by atomic mass is 16.2. The summed E-state index contributed by atoms with van der Waals surface area (Å²) < 4.78 is 1.36. The monoisotopic (exact) mass is 312 g/mol. The highest BCUT2D eigenvalue weighted by Gasteiger charge is 2.19. The normalized spacial score (nSPS) is 10.7. The van der Waals surface area contributed by atoms with Crippen LogP contribution in [0.3, 0.4) is 0 Å². The molecule has 1 amide bonds. The lowest BCUT2D eigenvalue weighted by Gasteiger charge is -2.17. The van der Waals surface area contributed by atoms with Crippen LogP contribution in [0.5, 0.6) is 0 Å². The zero-order valence-electron chi connectivity index (χ0n) is 13.6. The molecule has 6 nitrogen and oxygen atoms in total. The number of hydrogen-bond acceptors (Lipinski definition) is 4. The zero-order chi connectivity index (χ0) is 17.0. The van der Waals surface area contributed by atoms with E-state index in [1.54, 1.807) is 31.3 Å². The van der Waals surface area contributed by atoms with Gasteiger partial charge in [-0.25, -0.2) is 4.68 Å². The number of carbonyl (C=O) groups excluding carboxylic acids is 1. The molecule has 2 rings (SSSR count). The van der Waals surface area contributed by atoms with Gasteiger partial charge < -0.3 is 4.90 Å². The van der Waals surface area contributed by atoms with Crippen molar-refractivity contribution in [1.29, 1.82) is 5.26 Å². The largest absolute Gasteiger partial charge is 0.339 e. The molecule has 6 heteroatoms. The third-order valence-electron chi connectivity index (χ3n) is 3.51. The van der Waals surface area contributed by atoms with Gasteiger partial charge in [0.2, 0.25) is 0 Å². The molecule has 1 aromatic heterocycles. The average Bonchev–Trinajstić information content (AvgIpc) is 2.54. The summed E-state index contributed by atoms with van der Waals surface area (Å²) in [4.78, 5) is 26.6. The second-order valence-corrected chi connectivity index (χ2v) is 5.91. The Morgan fingerprint density at radius 2 is 2.00 bits per heavy atom. The Labute approximate surface area is 134 Å². The van der Waals surface area contributed by atoms with Crippen molar-refractivity contribution in [2.75, 3.05) is 13.6 Å². The first-order valence-electron chi connectivity index (χ1n) is 7.58. The average molecular weight is 312 g/mol. The third kappa shape index (κ3) is 3.57. The Morgan fingerprint density at radius 3 is 2.61 bits per heavy atom. The number of carbonyl (C=O) groups is 1. The molecule has 0 unspecified atom stereocenters. The van der Waals surface area contributed by atoms with Gasteiger partial charge in [-0.3, -0.25) is 9.59 Å². The summed E-state index contributed by atoms with van der Waals surface area (Å²) in [6, 6.07) is 9.02. The highest BCUT2D eigenvalue weighted by molar-refractivity contribution is 6.04. The number of rotatable bonds is 5. The van der Waals surface area contributed by atoms with E-state index in [4.69, 9.17) is 5.26 Å². The molecule has 1 heterocycles. The van der Waals surface area contributed by atoms with Gasteiger partial charge in [0.1, 0.15) is 0 Å². The van der Waals surface area contributed by atoms with Gasteiger partial charge in [0, 0.05) is 25.5 Å². The lowest BCUT2D eigenvalue weighted by Crippen LogP contribution is -2.33. The molecule has 0 radical (unpaired) electrons. The van der Waals surface area contributed by atoms with Gasteiger partial charge in [0.15, 0.2) is 5.69 Å². The number of benzene rings is 1. The van der Waals surface area contributed by atoms with E-state index in [2.05, 4.69) is 5.10 Å². The van der Waals surface area contributed by atoms with Crippen LogP contribution >= 0.6 is 0 Å². The van der Waals surface area contributed by atoms with Gasteiger partial charge in [-0.1, -0.05) is 32.0 Å². The van der Waals surface area contributed by atoms with Crippen molar-refractivity contribution in [2.24, 2.45) is 5.92 Å². The summed E-state index contributed by atoms with van der Waals surface area (Å²) in [7, 11) is 1.63. The van der Waals surface area contributed by atoms with Gasteiger partial charge in [0.25, 0.3) is 11.5 Å². The first-order chi connectivity index (χ1) is 11.0. The third-order valence-corrected chi connectivity index (χ3v) is 3.51. The Bertz CT molecular complexity index is 817. The SMILES string of the molecule is CC(C)Cn1nc(C(=O)N(C)CCC#N)c2ccccc2c1=O. The number of amides is 1. The number of nitriles is 1. The van der Waals surface area contributed by atoms with Gasteiger partial charge in [0.05, 0.1) is 17.9 Å². The molecule has 0 spiro atoms. The number of nitrogens with zero attached hydrogens (tertiary/aromatic N) is 4. The van der Waals surface area contributed by atoms with E-state index in [1.165, 1.54) is 9.58 Å². The van der Waals surface area contributed by atoms with Crippen LogP contribution in [-0.2, 0) is 6.54 Å². The summed E-state index contributed by atoms with van der Waals surface area (Å²) in [5.74, 6) is -0.0467. The molecular weight excluding hydrogens is 292 g/mol. The molecule has 120 valence electrons. The van der Waals surface area contributed by atoms with Crippen LogP contribution in [0.1, 0.15) is 30.8 Å². The number of hydrogen-bond donors (Lipinski definition) is 0. The summed E-state index contributed by atoms with van der Waals surface area (Å²) in [6.07, 6.45) is 0.256. The van der Waals surface area contributed by atoms with Crippen LogP contribution in [-0.4, -0.2) is 34.2 Å². The van der Waals surface area contributed by atoms with Crippen LogP contribution in [0.25, 0.3) is 10.8 Å². The molecular formula is C17H20N4O2. The van der Waals surface area contributed by atoms with E-state index < -0.39 is 0 Å². The lowest BCUT2D eigenvalue weighted by atomic mass is 10.1. The Balaban J connectivity index is 2.58. The zero-order valence-corrected chi connectivity index (χ0v) is 13.6. The van der Waals surface area contributed by atoms with Gasteiger partial charge in [-0.15, -0.1) is 0 Å². The second-order valence-electron chi connectivity index (χ2n) is 5.91. The molecule has 0 bridgehead atoms. The maximum absolute atomic E-state index is 12.7. The van der Waals surface area contributed by atoms with Crippen LogP contribution < -0.4 is 5.56 Å². The molecule has 23 heavy (non-hydrogen) atoms. The topological polar surface area (TPSA) is 79.0 Å². The van der Waals surface area contributed by atoms with Gasteiger partial charge in [-0.05, 0) is 12.0 Å². The smallest absolute Gasteiger partial charge is 0.274 e. The molecule has 2 aromatic rings. The molecule has 0 fully saturated rings. The standard InChI is InChI=1S/C17H20N4O2/c1-12(2)11-21-16(22)14-8-5-4-7-13(14)15(19-21)17(23)20(3)10-6-9-18/h4-5,7-8,12H,6,10-11H2,1-3H3. The van der Waals surface area contributed by atoms with E-state index in [0.29, 0.717) is 23.9 Å². The van der Waals surface area contributed by atoms with E-state index in [-0.39, 0.29) is 29.5 Å². The minimum atomic E-state index is -0.283. The second kappa shape index (κ2) is 7.05. The molecule has 1 aromatic carbocycles. The molecule has 0 saturated heterocycles. The van der Waals surface area contributed by atoms with Crippen molar-refractivity contribution in [1.82, 2.24) is 14.7 Å². The van der Waals surface area contributed by atoms with Crippen LogP contribution in [0.4, 0.5) is 0 Å². The minimum absolute atomic E-state index is 0.189. The molecule has 0 saturated carbocycles. The maximum Gasteiger partial charge on any atom is 0.274 e. The highest BCUT2D eigenvalue weighted by Crippen LogP contribution is 2.15. The molecule has 0 aliphatic rings. The fourth-order valence-electron chi connectivity index (χ4n) is 2.36. The summed E-state index contributed by atoms with van der Waals surface area (Å²) in [5.41, 5.74) is 0.0619. The Hall–Kier alpha value is -2.68. The van der Waals surface area contributed by atoms with Crippen molar-refractivity contribution in [3.63, 3.8) is 0 Å². The van der Waals surface area contributed by atoms with Crippen molar-refractivity contribution in [3.05, 3.63) is 40.3 Å². The number of fused-ring (bicyclic) bond motifs is 1. The van der Waals surface area contributed by atoms with Crippen molar-refractivity contribution < 1.29 is 4.79 Å². The quantitative estimate of drug-likeness (QED) is 0.846. The van der Waals surface area contributed by atoms with Crippen LogP contribution in [0, 0.1) is 17.2 Å². The van der Waals surface area contributed by atoms with E-state index in [0.717, 1.165) is 0 Å². The first-order valence-corrected chi connectivity index (χ1v) is 7.58. The lowest BCUT2D eigenvalue weighted by molar-refractivity contribution is 0.0791. The number of aromatic nitrogens is 2. The maximum atomic E-state index is 12.7. The first kappa shape index (κ1) is 16.7. The predicted molar refractivity (Wildman–Crippen MR) is 88.0 cm³/mol. The van der Waals surface area contributed by atoms with Crippen LogP contribution in [0.15, 0.2) is 29.1 Å². The molecule has 0 aliphatic heterocycles. The van der Waals surface area contributed by atoms with Crippen molar-refractivity contribution in [3.8, 4) is 6.07 Å². The molecule has 0 N–H and O–H groups in total. The summed E-state index contributed by atoms with van der Waals surface area (Å²) in [5, 5.41) is 14.0. The van der Waals surface area contributed by atoms with Crippen molar-refractivity contribution >= 4 is 16.7 Å². The van der Waals surface area contributed by atoms with Crippen molar-refractivity contribution in [2.45, 2.75) is 26.8 Å². The fourth-order valence-corrected chi connectivity index (χ4v) is 2.36. The predicted octanol–water partition coefficient (Wildman–Crippen LogP) is 2.04.